The van der Waals surface area contributed by atoms with Crippen LogP contribution in [0.15, 0.2) is 34.8 Å². The normalized spacial score (nSPS) is 17.6. The second-order valence-corrected chi connectivity index (χ2v) is 10.3. The number of nitrogens with one attached hydrogen (secondary N) is 2. The lowest BCUT2D eigenvalue weighted by atomic mass is 9.84. The Bertz CT molecular complexity index is 1420. The molecule has 2 atom stereocenters. The van der Waals surface area contributed by atoms with Crippen LogP contribution in [0, 0.1) is 5.41 Å². The number of thiazole rings is 1. The van der Waals surface area contributed by atoms with E-state index in [4.69, 9.17) is 36.7 Å². The summed E-state index contributed by atoms with van der Waals surface area (Å²) in [6, 6.07) is 4.75. The number of rotatable bonds is 12. The van der Waals surface area contributed by atoms with Crippen LogP contribution in [-0.4, -0.2) is 76.6 Å². The van der Waals surface area contributed by atoms with Crippen molar-refractivity contribution < 1.29 is 41.2 Å². The minimum Gasteiger partial charge on any atom is -0.489 e. The molecular formula is C20H24N8O9S2. The number of benzene rings is 1. The van der Waals surface area contributed by atoms with Crippen LogP contribution >= 0.6 is 11.3 Å². The Hall–Kier alpha value is -4.33. The summed E-state index contributed by atoms with van der Waals surface area (Å²) in [5.41, 5.74) is 14.9. The first-order valence-corrected chi connectivity index (χ1v) is 13.0. The van der Waals surface area contributed by atoms with Gasteiger partial charge in [-0.25, -0.2) is 4.98 Å². The fraction of sp³-hybridized carbons (Fsp3) is 0.300. The second kappa shape index (κ2) is 11.2. The molecule has 0 radical (unpaired) electrons. The lowest BCUT2D eigenvalue weighted by Crippen LogP contribution is -2.76. The highest BCUT2D eigenvalue weighted by molar-refractivity contribution is 7.80. The van der Waals surface area contributed by atoms with Crippen LogP contribution in [0.2, 0.25) is 0 Å². The molecule has 1 aromatic carbocycles. The summed E-state index contributed by atoms with van der Waals surface area (Å²) in [6.45, 7) is 2.31. The number of anilines is 1. The third-order valence-corrected chi connectivity index (χ3v) is 6.27. The summed E-state index contributed by atoms with van der Waals surface area (Å²) < 4.78 is 40.6. The molecule has 19 heteroatoms. The van der Waals surface area contributed by atoms with Gasteiger partial charge in [0, 0.05) is 10.9 Å². The van der Waals surface area contributed by atoms with Crippen molar-refractivity contribution in [2.45, 2.75) is 31.5 Å². The van der Waals surface area contributed by atoms with E-state index < -0.39 is 58.1 Å². The summed E-state index contributed by atoms with van der Waals surface area (Å²) in [6.07, 6.45) is -1.48. The molecule has 9 N–H and O–H groups in total. The van der Waals surface area contributed by atoms with Gasteiger partial charge in [-0.15, -0.1) is 15.6 Å². The summed E-state index contributed by atoms with van der Waals surface area (Å²) >= 11 is 0.967. The molecule has 0 bridgehead atoms. The minimum absolute atomic E-state index is 0.0606. The van der Waals surface area contributed by atoms with Crippen molar-refractivity contribution in [3.05, 3.63) is 40.9 Å². The molecule has 3 amide bonds. The number of nitrogen functional groups attached to an aromatic ring is 2. The van der Waals surface area contributed by atoms with Crippen molar-refractivity contribution in [1.82, 2.24) is 15.4 Å². The van der Waals surface area contributed by atoms with Gasteiger partial charge in [-0.2, -0.15) is 13.5 Å². The molecule has 2 aromatic rings. The van der Waals surface area contributed by atoms with Gasteiger partial charge in [0.2, 0.25) is 6.10 Å². The van der Waals surface area contributed by atoms with Crippen LogP contribution in [0.3, 0.4) is 0 Å². The number of oxime groups is 1. The highest BCUT2D eigenvalue weighted by Crippen LogP contribution is 2.33. The Morgan fingerprint density at radius 2 is 1.95 bits per heavy atom. The Kier molecular flexibility index (Phi) is 8.39. The van der Waals surface area contributed by atoms with E-state index in [9.17, 15) is 22.8 Å². The Balaban J connectivity index is 1.76. The van der Waals surface area contributed by atoms with Crippen LogP contribution in [0.25, 0.3) is 0 Å². The van der Waals surface area contributed by atoms with Gasteiger partial charge in [-0.1, -0.05) is 5.16 Å². The average Bonchev–Trinajstić information content (AvgIpc) is 3.28. The van der Waals surface area contributed by atoms with Crippen molar-refractivity contribution in [2.24, 2.45) is 16.6 Å². The molecule has 17 nitrogen and oxygen atoms in total. The van der Waals surface area contributed by atoms with Crippen LogP contribution in [0.5, 0.6) is 5.75 Å². The van der Waals surface area contributed by atoms with Crippen LogP contribution < -0.4 is 27.3 Å². The molecule has 1 aliphatic heterocycles. The van der Waals surface area contributed by atoms with Gasteiger partial charge in [0.1, 0.15) is 29.9 Å². The van der Waals surface area contributed by atoms with Crippen LogP contribution in [0.1, 0.15) is 25.1 Å². The number of nitrogens with two attached hydrogens (primary N) is 3. The molecule has 1 saturated heterocycles. The second-order valence-electron chi connectivity index (χ2n) is 8.45. The summed E-state index contributed by atoms with van der Waals surface area (Å²) in [5.74, 6) is -2.81. The van der Waals surface area contributed by atoms with Crippen LogP contribution in [-0.2, 0) is 33.9 Å². The molecule has 1 fully saturated rings. The SMILES string of the molecule is CC1(C)[C@H](NC(=O)/C(=N\O[C@@H](COc2ccc(C(=N)N)cc2)C(N)=O)c2csc(N)n2)C(=O)N1OS(=O)(=O)O. The molecule has 2 heterocycles. The third kappa shape index (κ3) is 6.96. The van der Waals surface area contributed by atoms with Crippen molar-refractivity contribution in [2.75, 3.05) is 12.3 Å². The van der Waals surface area contributed by atoms with Crippen molar-refractivity contribution >= 4 is 56.1 Å². The standard InChI is InChI=1S/C20H24N8O9S2/c1-20(2)14(18(31)28(20)37-39(32,33)34)26-17(30)13(11-8-38-19(24)25-11)27-36-12(16(23)29)7-35-10-5-3-9(4-6-10)15(21)22/h3-6,8,12,14H,7H2,1-2H3,(H3,21,22)(H2,23,29)(H2,24,25)(H,26,30)(H,32,33,34)/b27-13-/t12-,14+/m0/s1. The van der Waals surface area contributed by atoms with E-state index in [1.165, 1.54) is 43.5 Å². The van der Waals surface area contributed by atoms with E-state index in [0.717, 1.165) is 11.3 Å². The fourth-order valence-corrected chi connectivity index (χ4v) is 4.21. The summed E-state index contributed by atoms with van der Waals surface area (Å²) in [5, 5.41) is 15.3. The maximum absolute atomic E-state index is 13.1. The number of nitrogens with zero attached hydrogens (tertiary/aromatic N) is 3. The van der Waals surface area contributed by atoms with E-state index in [1.54, 1.807) is 0 Å². The van der Waals surface area contributed by atoms with E-state index in [-0.39, 0.29) is 16.7 Å². The highest BCUT2D eigenvalue weighted by atomic mass is 32.3. The summed E-state index contributed by atoms with van der Waals surface area (Å²) in [7, 11) is -5.00. The quantitative estimate of drug-likeness (QED) is 0.0547. The summed E-state index contributed by atoms with van der Waals surface area (Å²) in [4.78, 5) is 46.6. The molecule has 39 heavy (non-hydrogen) atoms. The van der Waals surface area contributed by atoms with Crippen molar-refractivity contribution in [3.63, 3.8) is 0 Å². The molecule has 0 saturated carbocycles. The smallest absolute Gasteiger partial charge is 0.418 e. The Morgan fingerprint density at radius 1 is 1.31 bits per heavy atom. The van der Waals surface area contributed by atoms with Gasteiger partial charge < -0.3 is 32.1 Å². The van der Waals surface area contributed by atoms with Gasteiger partial charge in [0.05, 0.1) is 5.54 Å². The zero-order chi connectivity index (χ0) is 29.1. The van der Waals surface area contributed by atoms with Gasteiger partial charge in [0.25, 0.3) is 17.7 Å². The van der Waals surface area contributed by atoms with E-state index >= 15 is 0 Å². The molecule has 3 rings (SSSR count). The number of primary amides is 1. The monoisotopic (exact) mass is 584 g/mol. The van der Waals surface area contributed by atoms with Crippen LogP contribution in [0.4, 0.5) is 5.13 Å². The van der Waals surface area contributed by atoms with E-state index in [0.29, 0.717) is 16.4 Å². The van der Waals surface area contributed by atoms with Gasteiger partial charge in [-0.3, -0.25) is 24.3 Å². The Labute approximate surface area is 225 Å². The predicted octanol–water partition coefficient (Wildman–Crippen LogP) is -1.50. The number of hydrogen-bond acceptors (Lipinski definition) is 13. The molecule has 1 aliphatic rings. The number of carbonyl (C=O) groups is 3. The molecule has 1 aromatic heterocycles. The lowest BCUT2D eigenvalue weighted by Gasteiger charge is -2.50. The first kappa shape index (κ1) is 29.2. The highest BCUT2D eigenvalue weighted by Gasteiger charge is 2.58. The number of carbonyl (C=O) groups excluding carboxylic acids is 3. The number of ether oxygens (including phenoxy) is 1. The molecule has 210 valence electrons. The van der Waals surface area contributed by atoms with E-state index in [2.05, 4.69) is 19.7 Å². The van der Waals surface area contributed by atoms with Crippen molar-refractivity contribution in [1.29, 1.82) is 5.41 Å². The zero-order valence-electron chi connectivity index (χ0n) is 20.4. The number of β-lactam (4-membered cyclic amide) rings is 1. The number of amides is 3. The third-order valence-electron chi connectivity index (χ3n) is 5.26. The lowest BCUT2D eigenvalue weighted by molar-refractivity contribution is -0.218. The Morgan fingerprint density at radius 3 is 2.44 bits per heavy atom. The van der Waals surface area contributed by atoms with E-state index in [1.807, 2.05) is 0 Å². The van der Waals surface area contributed by atoms with Gasteiger partial charge in [-0.05, 0) is 38.1 Å². The van der Waals surface area contributed by atoms with Gasteiger partial charge in [0.15, 0.2) is 10.8 Å². The molecular weight excluding hydrogens is 560 g/mol. The largest absolute Gasteiger partial charge is 0.489 e. The maximum Gasteiger partial charge on any atom is 0.418 e. The zero-order valence-corrected chi connectivity index (χ0v) is 22.0. The fourth-order valence-electron chi connectivity index (χ4n) is 3.20. The molecule has 0 aliphatic carbocycles. The number of amidine groups is 1. The number of hydroxylamine groups is 2. The molecule has 0 spiro atoms. The first-order chi connectivity index (χ1) is 18.1. The predicted molar refractivity (Wildman–Crippen MR) is 136 cm³/mol. The van der Waals surface area contributed by atoms with Gasteiger partial charge >= 0.3 is 10.4 Å². The topological polar surface area (TPSA) is 276 Å². The van der Waals surface area contributed by atoms with Crippen molar-refractivity contribution in [3.8, 4) is 5.75 Å². The maximum atomic E-state index is 13.1. The minimum atomic E-state index is -5.00. The number of hydrogen-bond donors (Lipinski definition) is 6. The molecule has 0 unspecified atom stereocenters. The average molecular weight is 585 g/mol. The number of aromatic nitrogens is 1. The first-order valence-electron chi connectivity index (χ1n) is 10.7.